The topological polar surface area (TPSA) is 55.1 Å². The summed E-state index contributed by atoms with van der Waals surface area (Å²) in [6.07, 6.45) is 1.58. The average molecular weight is 298 g/mol. The highest BCUT2D eigenvalue weighted by atomic mass is 32.1. The normalized spacial score (nSPS) is 10.8. The molecule has 0 atom stereocenters. The number of carboxylic acid groups (broad SMARTS) is 1. The van der Waals surface area contributed by atoms with E-state index < -0.39 is 5.97 Å². The van der Waals surface area contributed by atoms with Gasteiger partial charge in [0.25, 0.3) is 0 Å². The Morgan fingerprint density at radius 2 is 2.10 bits per heavy atom. The van der Waals surface area contributed by atoms with E-state index in [1.165, 1.54) is 16.9 Å². The first-order valence-electron chi connectivity index (χ1n) is 6.51. The van der Waals surface area contributed by atoms with Crippen molar-refractivity contribution in [3.05, 3.63) is 58.6 Å². The van der Waals surface area contributed by atoms with Crippen LogP contribution in [-0.4, -0.2) is 20.9 Å². The Bertz CT molecular complexity index is 804. The molecule has 21 heavy (non-hydrogen) atoms. The molecule has 0 saturated carbocycles. The second-order valence-corrected chi connectivity index (χ2v) is 5.86. The Labute approximate surface area is 126 Å². The zero-order chi connectivity index (χ0) is 15.0. The minimum atomic E-state index is -0.964. The average Bonchev–Trinajstić information content (AvgIpc) is 3.07. The van der Waals surface area contributed by atoms with Gasteiger partial charge in [-0.05, 0) is 36.9 Å². The van der Waals surface area contributed by atoms with Gasteiger partial charge in [-0.15, -0.1) is 11.3 Å². The predicted molar refractivity (Wildman–Crippen MR) is 83.3 cm³/mol. The van der Waals surface area contributed by atoms with Crippen molar-refractivity contribution in [1.82, 2.24) is 9.78 Å². The minimum Gasteiger partial charge on any atom is -0.478 e. The summed E-state index contributed by atoms with van der Waals surface area (Å²) >= 11 is 1.48. The molecule has 0 saturated heterocycles. The van der Waals surface area contributed by atoms with E-state index in [4.69, 9.17) is 0 Å². The predicted octanol–water partition coefficient (Wildman–Crippen LogP) is 3.92. The van der Waals surface area contributed by atoms with Crippen molar-refractivity contribution in [2.75, 3.05) is 0 Å². The molecule has 0 spiro atoms. The lowest BCUT2D eigenvalue weighted by Crippen LogP contribution is -1.98. The number of carbonyl (C=O) groups is 1. The number of hydrogen-bond donors (Lipinski definition) is 1. The van der Waals surface area contributed by atoms with Gasteiger partial charge < -0.3 is 5.11 Å². The Hall–Kier alpha value is -2.40. The number of thiophene rings is 1. The summed E-state index contributed by atoms with van der Waals surface area (Å²) in [5, 5.41) is 15.8. The lowest BCUT2D eigenvalue weighted by Gasteiger charge is -2.06. The highest BCUT2D eigenvalue weighted by Crippen LogP contribution is 2.28. The number of carboxylic acids is 1. The quantitative estimate of drug-likeness (QED) is 0.797. The molecule has 2 heterocycles. The van der Waals surface area contributed by atoms with Crippen LogP contribution in [0.15, 0.2) is 41.9 Å². The van der Waals surface area contributed by atoms with Gasteiger partial charge in [-0.25, -0.2) is 9.48 Å². The minimum absolute atomic E-state index is 0.220. The van der Waals surface area contributed by atoms with Crippen molar-refractivity contribution in [2.45, 2.75) is 13.8 Å². The summed E-state index contributed by atoms with van der Waals surface area (Å²) < 4.78 is 1.65. The van der Waals surface area contributed by atoms with Crippen LogP contribution in [0.3, 0.4) is 0 Å². The van der Waals surface area contributed by atoms with Crippen LogP contribution in [0.25, 0.3) is 16.3 Å². The van der Waals surface area contributed by atoms with Crippen molar-refractivity contribution >= 4 is 17.3 Å². The molecule has 0 radical (unpaired) electrons. The van der Waals surface area contributed by atoms with E-state index in [2.05, 4.69) is 11.2 Å². The first-order valence-corrected chi connectivity index (χ1v) is 7.38. The molecule has 0 bridgehead atoms. The number of aromatic carboxylic acids is 1. The third kappa shape index (κ3) is 2.48. The highest BCUT2D eigenvalue weighted by molar-refractivity contribution is 7.13. The third-order valence-electron chi connectivity index (χ3n) is 3.30. The van der Waals surface area contributed by atoms with Crippen LogP contribution in [0.5, 0.6) is 0 Å². The standard InChI is InChI=1S/C16H14N2O2S/c1-10-5-6-13(11(2)8-10)18-9-12(16(19)20)15(17-18)14-4-3-7-21-14/h3-9H,1-2H3,(H,19,20). The number of aromatic nitrogens is 2. The molecular weight excluding hydrogens is 284 g/mol. The fourth-order valence-electron chi connectivity index (χ4n) is 2.31. The largest absolute Gasteiger partial charge is 0.478 e. The highest BCUT2D eigenvalue weighted by Gasteiger charge is 2.18. The van der Waals surface area contributed by atoms with Gasteiger partial charge >= 0.3 is 5.97 Å². The Kier molecular flexibility index (Phi) is 3.35. The number of benzene rings is 1. The number of nitrogens with zero attached hydrogens (tertiary/aromatic N) is 2. The van der Waals surface area contributed by atoms with Crippen LogP contribution in [0.2, 0.25) is 0 Å². The van der Waals surface area contributed by atoms with Crippen LogP contribution in [0, 0.1) is 13.8 Å². The molecule has 0 unspecified atom stereocenters. The van der Waals surface area contributed by atoms with Crippen molar-refractivity contribution in [2.24, 2.45) is 0 Å². The van der Waals surface area contributed by atoms with Crippen LogP contribution >= 0.6 is 11.3 Å². The Morgan fingerprint density at radius 1 is 1.29 bits per heavy atom. The van der Waals surface area contributed by atoms with E-state index in [-0.39, 0.29) is 5.56 Å². The fourth-order valence-corrected chi connectivity index (χ4v) is 3.03. The van der Waals surface area contributed by atoms with Crippen LogP contribution < -0.4 is 0 Å². The molecule has 0 fully saturated rings. The van der Waals surface area contributed by atoms with Gasteiger partial charge in [-0.2, -0.15) is 5.10 Å². The van der Waals surface area contributed by atoms with Crippen molar-refractivity contribution in [1.29, 1.82) is 0 Å². The molecule has 106 valence electrons. The van der Waals surface area contributed by atoms with Crippen LogP contribution in [0.4, 0.5) is 0 Å². The smallest absolute Gasteiger partial charge is 0.339 e. The molecule has 1 N–H and O–H groups in total. The summed E-state index contributed by atoms with van der Waals surface area (Å²) in [6, 6.07) is 9.78. The third-order valence-corrected chi connectivity index (χ3v) is 4.17. The van der Waals surface area contributed by atoms with E-state index in [1.54, 1.807) is 10.9 Å². The lowest BCUT2D eigenvalue weighted by atomic mass is 10.1. The molecule has 3 rings (SSSR count). The molecule has 0 aliphatic carbocycles. The van der Waals surface area contributed by atoms with Gasteiger partial charge in [0.15, 0.2) is 0 Å². The molecule has 0 amide bonds. The molecule has 1 aromatic carbocycles. The summed E-state index contributed by atoms with van der Waals surface area (Å²) in [7, 11) is 0. The van der Waals surface area contributed by atoms with Crippen LogP contribution in [0.1, 0.15) is 21.5 Å². The fraction of sp³-hybridized carbons (Fsp3) is 0.125. The maximum absolute atomic E-state index is 11.5. The van der Waals surface area contributed by atoms with Crippen molar-refractivity contribution in [3.63, 3.8) is 0 Å². The summed E-state index contributed by atoms with van der Waals surface area (Å²) in [5.41, 5.74) is 3.85. The second kappa shape index (κ2) is 5.18. The Balaban J connectivity index is 2.17. The number of hydrogen-bond acceptors (Lipinski definition) is 3. The maximum Gasteiger partial charge on any atom is 0.339 e. The van der Waals surface area contributed by atoms with E-state index in [9.17, 15) is 9.90 Å². The molecule has 2 aromatic heterocycles. The molecule has 0 aliphatic rings. The van der Waals surface area contributed by atoms with Crippen LogP contribution in [-0.2, 0) is 0 Å². The van der Waals surface area contributed by atoms with Gasteiger partial charge in [0, 0.05) is 6.20 Å². The van der Waals surface area contributed by atoms with Gasteiger partial charge in [-0.1, -0.05) is 23.8 Å². The van der Waals surface area contributed by atoms with Gasteiger partial charge in [-0.3, -0.25) is 0 Å². The summed E-state index contributed by atoms with van der Waals surface area (Å²) in [6.45, 7) is 4.02. The van der Waals surface area contributed by atoms with E-state index >= 15 is 0 Å². The Morgan fingerprint density at radius 3 is 2.71 bits per heavy atom. The van der Waals surface area contributed by atoms with E-state index in [1.807, 2.05) is 43.5 Å². The number of rotatable bonds is 3. The van der Waals surface area contributed by atoms with Gasteiger partial charge in [0.1, 0.15) is 11.3 Å². The summed E-state index contributed by atoms with van der Waals surface area (Å²) in [5.74, 6) is -0.964. The zero-order valence-corrected chi connectivity index (χ0v) is 12.5. The summed E-state index contributed by atoms with van der Waals surface area (Å²) in [4.78, 5) is 12.3. The second-order valence-electron chi connectivity index (χ2n) is 4.91. The van der Waals surface area contributed by atoms with Gasteiger partial charge in [0.2, 0.25) is 0 Å². The number of aryl methyl sites for hydroxylation is 2. The molecular formula is C16H14N2O2S. The maximum atomic E-state index is 11.5. The molecule has 0 aliphatic heterocycles. The first kappa shape index (κ1) is 13.6. The SMILES string of the molecule is Cc1ccc(-n2cc(C(=O)O)c(-c3cccs3)n2)c(C)c1. The lowest BCUT2D eigenvalue weighted by molar-refractivity contribution is 0.0697. The van der Waals surface area contributed by atoms with Gasteiger partial charge in [0.05, 0.1) is 10.6 Å². The molecule has 4 nitrogen and oxygen atoms in total. The van der Waals surface area contributed by atoms with Crippen molar-refractivity contribution in [3.8, 4) is 16.3 Å². The molecule has 3 aromatic rings. The zero-order valence-electron chi connectivity index (χ0n) is 11.7. The monoisotopic (exact) mass is 298 g/mol. The van der Waals surface area contributed by atoms with E-state index in [0.29, 0.717) is 5.69 Å². The molecule has 5 heteroatoms. The van der Waals surface area contributed by atoms with Crippen molar-refractivity contribution < 1.29 is 9.90 Å². The first-order chi connectivity index (χ1) is 10.1. The van der Waals surface area contributed by atoms with E-state index in [0.717, 1.165) is 16.1 Å².